The van der Waals surface area contributed by atoms with E-state index >= 15 is 0 Å². The first-order valence-electron chi connectivity index (χ1n) is 8.96. The van der Waals surface area contributed by atoms with E-state index < -0.39 is 34.7 Å². The molecule has 0 spiro atoms. The van der Waals surface area contributed by atoms with Gasteiger partial charge in [-0.2, -0.15) is 5.10 Å². The summed E-state index contributed by atoms with van der Waals surface area (Å²) in [6.45, 7) is 1.19. The van der Waals surface area contributed by atoms with E-state index in [-0.39, 0.29) is 23.0 Å². The molecule has 0 amide bonds. The van der Waals surface area contributed by atoms with Crippen LogP contribution in [0.1, 0.15) is 18.5 Å². The quantitative estimate of drug-likeness (QED) is 0.542. The maximum atomic E-state index is 14.7. The third-order valence-electron chi connectivity index (χ3n) is 5.12. The molecule has 0 aliphatic carbocycles. The Balaban J connectivity index is 1.90. The number of benzene rings is 2. The molecule has 1 N–H and O–H groups in total. The molecule has 0 aliphatic rings. The Kier molecular flexibility index (Phi) is 4.86. The van der Waals surface area contributed by atoms with Crippen LogP contribution >= 0.6 is 0 Å². The normalized spacial score (nSPS) is 14.6. The van der Waals surface area contributed by atoms with Crippen molar-refractivity contribution < 1.29 is 18.3 Å². The summed E-state index contributed by atoms with van der Waals surface area (Å²) in [5, 5.41) is 15.5. The maximum absolute atomic E-state index is 14.7. The number of fused-ring (bicyclic) bond motifs is 1. The molecule has 0 radical (unpaired) electrons. The summed E-state index contributed by atoms with van der Waals surface area (Å²) in [5.74, 6) is -2.42. The molecule has 0 saturated carbocycles. The zero-order valence-electron chi connectivity index (χ0n) is 15.7. The van der Waals surface area contributed by atoms with Crippen LogP contribution in [-0.2, 0) is 12.1 Å². The molecule has 10 heteroatoms. The van der Waals surface area contributed by atoms with Crippen LogP contribution in [0, 0.1) is 17.5 Å². The van der Waals surface area contributed by atoms with E-state index in [4.69, 9.17) is 0 Å². The molecule has 2 aromatic carbocycles. The highest BCUT2D eigenvalue weighted by molar-refractivity contribution is 5.77. The molecule has 2 atom stereocenters. The van der Waals surface area contributed by atoms with Gasteiger partial charge in [0.25, 0.3) is 5.56 Å². The second kappa shape index (κ2) is 7.38. The smallest absolute Gasteiger partial charge is 0.261 e. The number of hydrogen-bond acceptors (Lipinski definition) is 5. The van der Waals surface area contributed by atoms with Crippen LogP contribution in [0.3, 0.4) is 0 Å². The minimum absolute atomic E-state index is 0.00651. The van der Waals surface area contributed by atoms with E-state index in [2.05, 4.69) is 15.1 Å². The lowest BCUT2D eigenvalue weighted by Gasteiger charge is -2.35. The Morgan fingerprint density at radius 1 is 1.10 bits per heavy atom. The topological polar surface area (TPSA) is 85.8 Å². The van der Waals surface area contributed by atoms with Gasteiger partial charge in [-0.05, 0) is 31.2 Å². The lowest BCUT2D eigenvalue weighted by atomic mass is 9.86. The Morgan fingerprint density at radius 3 is 2.53 bits per heavy atom. The van der Waals surface area contributed by atoms with Crippen molar-refractivity contribution in [2.45, 2.75) is 25.1 Å². The Hall–Kier alpha value is -3.53. The highest BCUT2D eigenvalue weighted by atomic mass is 19.1. The average molecular weight is 415 g/mol. The number of rotatable bonds is 5. The summed E-state index contributed by atoms with van der Waals surface area (Å²) in [4.78, 5) is 20.9. The van der Waals surface area contributed by atoms with Crippen molar-refractivity contribution in [3.05, 3.63) is 88.7 Å². The molecule has 4 rings (SSSR count). The molecule has 4 aromatic rings. The first-order chi connectivity index (χ1) is 14.3. The summed E-state index contributed by atoms with van der Waals surface area (Å²) < 4.78 is 44.1. The molecule has 30 heavy (non-hydrogen) atoms. The number of hydrogen-bond donors (Lipinski definition) is 1. The summed E-state index contributed by atoms with van der Waals surface area (Å²) >= 11 is 0. The summed E-state index contributed by atoms with van der Waals surface area (Å²) in [6, 6.07) is 5.26. The molecular weight excluding hydrogens is 399 g/mol. The largest absolute Gasteiger partial charge is 0.381 e. The monoisotopic (exact) mass is 415 g/mol. The van der Waals surface area contributed by atoms with Gasteiger partial charge in [0.2, 0.25) is 0 Å². The SMILES string of the molecule is C[C@@H](n1cnc2ccc(F)cc2c1=O)[C@](O)(Cn1cncn1)c1ccc(F)cc1F. The molecule has 154 valence electrons. The molecule has 0 fully saturated rings. The summed E-state index contributed by atoms with van der Waals surface area (Å²) in [7, 11) is 0. The molecule has 0 saturated heterocycles. The number of aromatic nitrogens is 5. The molecule has 7 nitrogen and oxygen atoms in total. The van der Waals surface area contributed by atoms with Crippen LogP contribution in [0.15, 0.2) is 60.2 Å². The van der Waals surface area contributed by atoms with Gasteiger partial charge in [-0.3, -0.25) is 9.36 Å². The second-order valence-corrected chi connectivity index (χ2v) is 6.94. The lowest BCUT2D eigenvalue weighted by molar-refractivity contribution is -0.0343. The number of aliphatic hydroxyl groups is 1. The zero-order chi connectivity index (χ0) is 21.5. The third kappa shape index (κ3) is 3.35. The standard InChI is InChI=1S/C20H16F3N5O2/c1-12(28-11-25-18-5-3-13(21)6-15(18)19(28)29)20(30,8-27-10-24-9-26-27)16-4-2-14(22)7-17(16)23/h2-7,9-12,30H,8H2,1H3/t12-,20-/m1/s1. The van der Waals surface area contributed by atoms with Gasteiger partial charge in [-0.1, -0.05) is 6.07 Å². The van der Waals surface area contributed by atoms with E-state index in [1.54, 1.807) is 0 Å². The van der Waals surface area contributed by atoms with Crippen molar-refractivity contribution in [2.75, 3.05) is 0 Å². The fourth-order valence-corrected chi connectivity index (χ4v) is 3.46. The number of nitrogens with zero attached hydrogens (tertiary/aromatic N) is 5. The predicted octanol–water partition coefficient (Wildman–Crippen LogP) is 2.55. The third-order valence-corrected chi connectivity index (χ3v) is 5.12. The molecule has 0 aliphatic heterocycles. The van der Waals surface area contributed by atoms with E-state index in [9.17, 15) is 23.1 Å². The van der Waals surface area contributed by atoms with Gasteiger partial charge in [-0.25, -0.2) is 27.8 Å². The van der Waals surface area contributed by atoms with Crippen molar-refractivity contribution >= 4 is 10.9 Å². The average Bonchev–Trinajstić information content (AvgIpc) is 3.21. The van der Waals surface area contributed by atoms with Crippen molar-refractivity contribution in [3.8, 4) is 0 Å². The second-order valence-electron chi connectivity index (χ2n) is 6.94. The highest BCUT2D eigenvalue weighted by Crippen LogP contribution is 2.36. The van der Waals surface area contributed by atoms with Crippen LogP contribution in [0.4, 0.5) is 13.2 Å². The Labute approximate surface area is 168 Å². The zero-order valence-corrected chi connectivity index (χ0v) is 15.7. The van der Waals surface area contributed by atoms with Crippen LogP contribution in [0.2, 0.25) is 0 Å². The molecular formula is C20H16F3N5O2. The highest BCUT2D eigenvalue weighted by Gasteiger charge is 2.41. The lowest BCUT2D eigenvalue weighted by Crippen LogP contribution is -2.43. The van der Waals surface area contributed by atoms with E-state index in [0.717, 1.165) is 22.8 Å². The minimum Gasteiger partial charge on any atom is -0.381 e. The van der Waals surface area contributed by atoms with Gasteiger partial charge >= 0.3 is 0 Å². The van der Waals surface area contributed by atoms with Crippen molar-refractivity contribution in [3.63, 3.8) is 0 Å². The summed E-state index contributed by atoms with van der Waals surface area (Å²) in [6.07, 6.45) is 3.75. The van der Waals surface area contributed by atoms with Crippen LogP contribution in [0.25, 0.3) is 10.9 Å². The molecule has 0 bridgehead atoms. The van der Waals surface area contributed by atoms with Gasteiger partial charge in [0, 0.05) is 11.6 Å². The first kappa shape index (κ1) is 19.8. The fourth-order valence-electron chi connectivity index (χ4n) is 3.46. The van der Waals surface area contributed by atoms with Crippen molar-refractivity contribution in [1.29, 1.82) is 0 Å². The maximum Gasteiger partial charge on any atom is 0.261 e. The van der Waals surface area contributed by atoms with Crippen LogP contribution in [-0.4, -0.2) is 29.4 Å². The Morgan fingerprint density at radius 2 is 1.83 bits per heavy atom. The first-order valence-corrected chi connectivity index (χ1v) is 8.96. The van der Waals surface area contributed by atoms with Gasteiger partial charge in [0.05, 0.1) is 29.8 Å². The number of halogens is 3. The predicted molar refractivity (Wildman–Crippen MR) is 101 cm³/mol. The van der Waals surface area contributed by atoms with Crippen LogP contribution in [0.5, 0.6) is 0 Å². The Bertz CT molecular complexity index is 1280. The minimum atomic E-state index is -2.04. The van der Waals surface area contributed by atoms with Gasteiger partial charge in [0.15, 0.2) is 0 Å². The van der Waals surface area contributed by atoms with E-state index in [0.29, 0.717) is 6.07 Å². The van der Waals surface area contributed by atoms with Crippen LogP contribution < -0.4 is 5.56 Å². The van der Waals surface area contributed by atoms with E-state index in [1.165, 1.54) is 42.7 Å². The van der Waals surface area contributed by atoms with Gasteiger partial charge < -0.3 is 5.11 Å². The summed E-state index contributed by atoms with van der Waals surface area (Å²) in [5.41, 5.74) is -2.62. The van der Waals surface area contributed by atoms with Gasteiger partial charge in [-0.15, -0.1) is 0 Å². The molecule has 2 aromatic heterocycles. The van der Waals surface area contributed by atoms with E-state index in [1.807, 2.05) is 0 Å². The van der Waals surface area contributed by atoms with Crippen molar-refractivity contribution in [1.82, 2.24) is 24.3 Å². The van der Waals surface area contributed by atoms with Gasteiger partial charge in [0.1, 0.15) is 35.7 Å². The molecule has 0 unspecified atom stereocenters. The molecule has 2 heterocycles. The van der Waals surface area contributed by atoms with Crippen molar-refractivity contribution in [2.24, 2.45) is 0 Å². The fraction of sp³-hybridized carbons (Fsp3) is 0.200.